The Balaban J connectivity index is 2.75. The van der Waals surface area contributed by atoms with Crippen molar-refractivity contribution in [2.24, 2.45) is 0 Å². The van der Waals surface area contributed by atoms with Gasteiger partial charge in [0.2, 0.25) is 0 Å². The lowest BCUT2D eigenvalue weighted by Crippen LogP contribution is -2.34. The van der Waals surface area contributed by atoms with Crippen molar-refractivity contribution in [2.45, 2.75) is 52.0 Å². The normalized spacial score (nSPS) is 12.0. The largest absolute Gasteiger partial charge is 0.397 e. The Morgan fingerprint density at radius 3 is 2.48 bits per heavy atom. The molecule has 1 rings (SSSR count). The van der Waals surface area contributed by atoms with Gasteiger partial charge in [0.15, 0.2) is 0 Å². The van der Waals surface area contributed by atoms with Crippen LogP contribution < -0.4 is 16.0 Å². The van der Waals surface area contributed by atoms with Crippen LogP contribution in [0.15, 0.2) is 18.2 Å². The molecule has 0 fully saturated rings. The Morgan fingerprint density at radius 2 is 1.95 bits per heavy atom. The lowest BCUT2D eigenvalue weighted by atomic mass is 10.0. The van der Waals surface area contributed by atoms with E-state index in [0.29, 0.717) is 11.3 Å². The average Bonchev–Trinajstić information content (AvgIpc) is 2.44. The number of unbranched alkanes of at least 4 members (excludes halogenated alkanes) is 1. The van der Waals surface area contributed by atoms with E-state index in [1.807, 2.05) is 31.1 Å². The summed E-state index contributed by atoms with van der Waals surface area (Å²) < 4.78 is 0. The molecule has 0 spiro atoms. The fraction of sp³-hybridized carbons (Fsp3) is 0.588. The molecule has 4 heteroatoms. The third kappa shape index (κ3) is 5.29. The molecule has 0 aliphatic heterocycles. The van der Waals surface area contributed by atoms with Gasteiger partial charge in [-0.1, -0.05) is 33.1 Å². The number of carbonyl (C=O) groups is 1. The van der Waals surface area contributed by atoms with Crippen LogP contribution >= 0.6 is 0 Å². The van der Waals surface area contributed by atoms with Gasteiger partial charge in [0.25, 0.3) is 5.91 Å². The Hall–Kier alpha value is -1.71. The van der Waals surface area contributed by atoms with Crippen LogP contribution in [0.1, 0.15) is 56.3 Å². The van der Waals surface area contributed by atoms with Crippen molar-refractivity contribution in [3.63, 3.8) is 0 Å². The summed E-state index contributed by atoms with van der Waals surface area (Å²) in [7, 11) is 3.88. The molecule has 0 bridgehead atoms. The van der Waals surface area contributed by atoms with Gasteiger partial charge in [-0.15, -0.1) is 0 Å². The van der Waals surface area contributed by atoms with Crippen LogP contribution in [0.3, 0.4) is 0 Å². The first-order valence-corrected chi connectivity index (χ1v) is 7.87. The smallest absolute Gasteiger partial charge is 0.251 e. The minimum atomic E-state index is -0.0263. The van der Waals surface area contributed by atoms with Gasteiger partial charge in [-0.25, -0.2) is 0 Å². The number of amides is 1. The summed E-state index contributed by atoms with van der Waals surface area (Å²) in [5.41, 5.74) is 8.21. The maximum atomic E-state index is 12.3. The predicted octanol–water partition coefficient (Wildman–Crippen LogP) is 3.42. The molecule has 1 aromatic rings. The number of anilines is 2. The van der Waals surface area contributed by atoms with Crippen LogP contribution in [0.25, 0.3) is 0 Å². The Morgan fingerprint density at radius 1 is 1.24 bits per heavy atom. The molecule has 3 N–H and O–H groups in total. The molecule has 0 aliphatic carbocycles. The number of benzene rings is 1. The molecular formula is C17H29N3O. The lowest BCUT2D eigenvalue weighted by Gasteiger charge is -2.19. The molecule has 0 aliphatic rings. The zero-order chi connectivity index (χ0) is 15.8. The number of carbonyl (C=O) groups excluding carboxylic acids is 1. The Labute approximate surface area is 128 Å². The van der Waals surface area contributed by atoms with Gasteiger partial charge in [0.1, 0.15) is 0 Å². The van der Waals surface area contributed by atoms with E-state index in [9.17, 15) is 4.79 Å². The van der Waals surface area contributed by atoms with E-state index in [2.05, 4.69) is 19.2 Å². The average molecular weight is 291 g/mol. The molecule has 0 aromatic heterocycles. The second-order valence-electron chi connectivity index (χ2n) is 5.77. The van der Waals surface area contributed by atoms with Crippen molar-refractivity contribution in [1.82, 2.24) is 5.32 Å². The number of nitrogens with two attached hydrogens (primary N) is 1. The number of hydrogen-bond donors (Lipinski definition) is 2. The highest BCUT2D eigenvalue weighted by molar-refractivity contribution is 5.96. The van der Waals surface area contributed by atoms with Crippen LogP contribution in [0.5, 0.6) is 0 Å². The van der Waals surface area contributed by atoms with Gasteiger partial charge in [0.05, 0.1) is 11.4 Å². The highest BCUT2D eigenvalue weighted by Crippen LogP contribution is 2.22. The summed E-state index contributed by atoms with van der Waals surface area (Å²) in [6.07, 6.45) is 5.45. The summed E-state index contributed by atoms with van der Waals surface area (Å²) in [5.74, 6) is -0.0263. The molecule has 1 atom stereocenters. The number of rotatable bonds is 8. The van der Waals surface area contributed by atoms with Gasteiger partial charge in [0, 0.05) is 25.7 Å². The fourth-order valence-corrected chi connectivity index (χ4v) is 2.46. The van der Waals surface area contributed by atoms with Crippen LogP contribution in [-0.2, 0) is 0 Å². The topological polar surface area (TPSA) is 58.4 Å². The first-order chi connectivity index (χ1) is 9.99. The highest BCUT2D eigenvalue weighted by atomic mass is 16.1. The van der Waals surface area contributed by atoms with E-state index in [-0.39, 0.29) is 11.9 Å². The summed E-state index contributed by atoms with van der Waals surface area (Å²) in [6.45, 7) is 4.32. The highest BCUT2D eigenvalue weighted by Gasteiger charge is 2.14. The van der Waals surface area contributed by atoms with Crippen molar-refractivity contribution in [2.75, 3.05) is 24.7 Å². The number of nitrogens with zero attached hydrogens (tertiary/aromatic N) is 1. The monoisotopic (exact) mass is 291 g/mol. The predicted molar refractivity (Wildman–Crippen MR) is 90.9 cm³/mol. The zero-order valence-electron chi connectivity index (χ0n) is 13.8. The minimum absolute atomic E-state index is 0.0263. The summed E-state index contributed by atoms with van der Waals surface area (Å²) in [6, 6.07) is 5.75. The first kappa shape index (κ1) is 17.3. The molecule has 118 valence electrons. The molecule has 0 heterocycles. The Kier molecular flexibility index (Phi) is 7.06. The molecule has 21 heavy (non-hydrogen) atoms. The van der Waals surface area contributed by atoms with Crippen LogP contribution in [0.4, 0.5) is 11.4 Å². The van der Waals surface area contributed by atoms with Crippen molar-refractivity contribution < 1.29 is 4.79 Å². The van der Waals surface area contributed by atoms with E-state index in [0.717, 1.165) is 37.8 Å². The third-order valence-electron chi connectivity index (χ3n) is 3.65. The number of nitrogen functional groups attached to an aromatic ring is 1. The minimum Gasteiger partial charge on any atom is -0.397 e. The zero-order valence-corrected chi connectivity index (χ0v) is 13.8. The van der Waals surface area contributed by atoms with E-state index < -0.39 is 0 Å². The maximum absolute atomic E-state index is 12.3. The van der Waals surface area contributed by atoms with E-state index in [4.69, 9.17) is 5.73 Å². The molecule has 1 unspecified atom stereocenters. The van der Waals surface area contributed by atoms with Crippen molar-refractivity contribution in [1.29, 1.82) is 0 Å². The molecule has 1 amide bonds. The van der Waals surface area contributed by atoms with Gasteiger partial charge in [-0.2, -0.15) is 0 Å². The number of nitrogens with one attached hydrogen (secondary N) is 1. The molecular weight excluding hydrogens is 262 g/mol. The van der Waals surface area contributed by atoms with Crippen molar-refractivity contribution in [3.05, 3.63) is 23.8 Å². The van der Waals surface area contributed by atoms with E-state index in [1.54, 1.807) is 6.07 Å². The Bertz CT molecular complexity index is 457. The summed E-state index contributed by atoms with van der Waals surface area (Å²) >= 11 is 0. The second-order valence-corrected chi connectivity index (χ2v) is 5.77. The molecule has 0 saturated heterocycles. The second kappa shape index (κ2) is 8.55. The number of hydrogen-bond acceptors (Lipinski definition) is 3. The van der Waals surface area contributed by atoms with Crippen LogP contribution in [0.2, 0.25) is 0 Å². The standard InChI is InChI=1S/C17H29N3O/c1-5-7-9-14(8-6-2)19-17(21)13-10-11-16(20(3)4)15(18)12-13/h10-12,14H,5-9,18H2,1-4H3,(H,19,21). The van der Waals surface area contributed by atoms with Gasteiger partial charge >= 0.3 is 0 Å². The van der Waals surface area contributed by atoms with Crippen molar-refractivity contribution >= 4 is 17.3 Å². The molecule has 1 aromatic carbocycles. The first-order valence-electron chi connectivity index (χ1n) is 7.87. The molecule has 0 saturated carbocycles. The quantitative estimate of drug-likeness (QED) is 0.721. The fourth-order valence-electron chi connectivity index (χ4n) is 2.46. The van der Waals surface area contributed by atoms with Gasteiger partial charge in [-0.05, 0) is 31.0 Å². The van der Waals surface area contributed by atoms with Gasteiger partial charge in [-0.3, -0.25) is 4.79 Å². The summed E-state index contributed by atoms with van der Waals surface area (Å²) in [4.78, 5) is 14.3. The van der Waals surface area contributed by atoms with Gasteiger partial charge < -0.3 is 16.0 Å². The van der Waals surface area contributed by atoms with Crippen LogP contribution in [0, 0.1) is 0 Å². The van der Waals surface area contributed by atoms with E-state index in [1.165, 1.54) is 0 Å². The maximum Gasteiger partial charge on any atom is 0.251 e. The van der Waals surface area contributed by atoms with E-state index >= 15 is 0 Å². The van der Waals surface area contributed by atoms with Crippen molar-refractivity contribution in [3.8, 4) is 0 Å². The van der Waals surface area contributed by atoms with Crippen LogP contribution in [-0.4, -0.2) is 26.0 Å². The molecule has 4 nitrogen and oxygen atoms in total. The third-order valence-corrected chi connectivity index (χ3v) is 3.65. The summed E-state index contributed by atoms with van der Waals surface area (Å²) in [5, 5.41) is 3.14. The lowest BCUT2D eigenvalue weighted by molar-refractivity contribution is 0.0932. The molecule has 0 radical (unpaired) electrons. The SMILES string of the molecule is CCCCC(CCC)NC(=O)c1ccc(N(C)C)c(N)c1.